The molecule has 3 aromatic rings. The van der Waals surface area contributed by atoms with Crippen molar-refractivity contribution in [2.45, 2.75) is 6.92 Å². The Morgan fingerprint density at radius 1 is 0.889 bits per heavy atom. The molecule has 8 nitrogen and oxygen atoms in total. The van der Waals surface area contributed by atoms with Crippen molar-refractivity contribution in [2.24, 2.45) is 0 Å². The molecule has 1 heterocycles. The van der Waals surface area contributed by atoms with Crippen LogP contribution in [0.5, 0.6) is 5.75 Å². The highest BCUT2D eigenvalue weighted by Gasteiger charge is 2.23. The average molecular weight is 488 g/mol. The lowest BCUT2D eigenvalue weighted by Crippen LogP contribution is -2.49. The van der Waals surface area contributed by atoms with Gasteiger partial charge in [-0.25, -0.2) is 4.79 Å². The number of carbonyl (C=O) groups is 3. The second kappa shape index (κ2) is 11.4. The van der Waals surface area contributed by atoms with Crippen LogP contribution >= 0.6 is 0 Å². The minimum atomic E-state index is -0.666. The van der Waals surface area contributed by atoms with Gasteiger partial charge in [0.25, 0.3) is 11.8 Å². The largest absolute Gasteiger partial charge is 0.497 e. The summed E-state index contributed by atoms with van der Waals surface area (Å²) >= 11 is 0. The van der Waals surface area contributed by atoms with Gasteiger partial charge in [0.2, 0.25) is 0 Å². The fourth-order valence-electron chi connectivity index (χ4n) is 4.05. The van der Waals surface area contributed by atoms with Crippen molar-refractivity contribution in [1.29, 1.82) is 0 Å². The molecule has 3 aromatic carbocycles. The molecule has 1 saturated heterocycles. The summed E-state index contributed by atoms with van der Waals surface area (Å²) in [5.41, 5.74) is 3.03. The Balaban J connectivity index is 1.30. The first-order chi connectivity index (χ1) is 17.4. The van der Waals surface area contributed by atoms with Gasteiger partial charge < -0.3 is 24.6 Å². The Bertz CT molecular complexity index is 1230. The quantitative estimate of drug-likeness (QED) is 0.511. The molecule has 0 aliphatic carbocycles. The molecular weight excluding hydrogens is 458 g/mol. The minimum absolute atomic E-state index is 0.190. The zero-order chi connectivity index (χ0) is 25.5. The second-order valence-electron chi connectivity index (χ2n) is 8.51. The Morgan fingerprint density at radius 2 is 1.61 bits per heavy atom. The van der Waals surface area contributed by atoms with E-state index in [0.717, 1.165) is 17.0 Å². The first-order valence-corrected chi connectivity index (χ1v) is 11.8. The van der Waals surface area contributed by atoms with Crippen LogP contribution < -0.4 is 15.0 Å². The van der Waals surface area contributed by atoms with Gasteiger partial charge in [-0.15, -0.1) is 0 Å². The predicted octanol–water partition coefficient (Wildman–Crippen LogP) is 3.76. The number of methoxy groups -OCH3 is 1. The molecule has 1 fully saturated rings. The van der Waals surface area contributed by atoms with Crippen molar-refractivity contribution in [3.05, 3.63) is 89.5 Å². The zero-order valence-corrected chi connectivity index (χ0v) is 20.4. The van der Waals surface area contributed by atoms with Gasteiger partial charge in [-0.3, -0.25) is 9.59 Å². The second-order valence-corrected chi connectivity index (χ2v) is 8.51. The lowest BCUT2D eigenvalue weighted by Gasteiger charge is -2.36. The molecule has 186 valence electrons. The number of aryl methyl sites for hydroxylation is 1. The lowest BCUT2D eigenvalue weighted by atomic mass is 10.1. The Hall–Kier alpha value is -4.33. The van der Waals surface area contributed by atoms with Gasteiger partial charge in [0.15, 0.2) is 6.61 Å². The van der Waals surface area contributed by atoms with E-state index in [2.05, 4.69) is 10.2 Å². The van der Waals surface area contributed by atoms with E-state index in [4.69, 9.17) is 9.47 Å². The normalized spacial score (nSPS) is 13.2. The molecule has 0 spiro atoms. The topological polar surface area (TPSA) is 88.2 Å². The maximum absolute atomic E-state index is 12.8. The number of piperazine rings is 1. The summed E-state index contributed by atoms with van der Waals surface area (Å²) in [4.78, 5) is 42.0. The molecule has 2 amide bonds. The molecule has 0 atom stereocenters. The smallest absolute Gasteiger partial charge is 0.340 e. The first-order valence-electron chi connectivity index (χ1n) is 11.8. The Kier molecular flexibility index (Phi) is 7.85. The number of rotatable bonds is 7. The molecular formula is C28H29N3O5. The molecule has 0 unspecified atom stereocenters. The molecule has 1 aliphatic rings. The van der Waals surface area contributed by atoms with Crippen LogP contribution in [0, 0.1) is 6.92 Å². The summed E-state index contributed by atoms with van der Waals surface area (Å²) in [6.07, 6.45) is 0. The third kappa shape index (κ3) is 6.02. The van der Waals surface area contributed by atoms with E-state index in [9.17, 15) is 14.4 Å². The van der Waals surface area contributed by atoms with Crippen LogP contribution in [0.2, 0.25) is 0 Å². The third-order valence-corrected chi connectivity index (χ3v) is 6.07. The van der Waals surface area contributed by atoms with E-state index >= 15 is 0 Å². The van der Waals surface area contributed by atoms with Crippen LogP contribution in [0.1, 0.15) is 26.3 Å². The fraction of sp³-hybridized carbons (Fsp3) is 0.250. The monoisotopic (exact) mass is 487 g/mol. The van der Waals surface area contributed by atoms with E-state index in [1.165, 1.54) is 0 Å². The summed E-state index contributed by atoms with van der Waals surface area (Å²) in [6, 6.07) is 21.6. The third-order valence-electron chi connectivity index (χ3n) is 6.07. The number of para-hydroxylation sites is 1. The highest BCUT2D eigenvalue weighted by Crippen LogP contribution is 2.21. The maximum Gasteiger partial charge on any atom is 0.340 e. The number of nitrogens with zero attached hydrogens (tertiary/aromatic N) is 2. The van der Waals surface area contributed by atoms with Crippen molar-refractivity contribution < 1.29 is 23.9 Å². The number of nitrogens with one attached hydrogen (secondary N) is 1. The lowest BCUT2D eigenvalue weighted by molar-refractivity contribution is -0.134. The highest BCUT2D eigenvalue weighted by atomic mass is 16.5. The number of amides is 2. The highest BCUT2D eigenvalue weighted by molar-refractivity contribution is 6.08. The van der Waals surface area contributed by atoms with Crippen LogP contribution in [-0.4, -0.2) is 62.6 Å². The van der Waals surface area contributed by atoms with Gasteiger partial charge in [0, 0.05) is 37.4 Å². The molecule has 0 saturated carbocycles. The van der Waals surface area contributed by atoms with Gasteiger partial charge in [-0.1, -0.05) is 29.8 Å². The SMILES string of the molecule is COc1ccc(N2CCN(C(=O)COC(=O)c3ccccc3NC(=O)c3cccc(C)c3)CC2)cc1. The summed E-state index contributed by atoms with van der Waals surface area (Å²) in [5, 5.41) is 2.77. The number of esters is 1. The molecule has 0 aromatic heterocycles. The Labute approximate surface area is 210 Å². The number of anilines is 2. The maximum atomic E-state index is 12.8. The number of hydrogen-bond acceptors (Lipinski definition) is 6. The van der Waals surface area contributed by atoms with E-state index in [1.54, 1.807) is 54.5 Å². The summed E-state index contributed by atoms with van der Waals surface area (Å²) < 4.78 is 10.5. The molecule has 1 N–H and O–H groups in total. The molecule has 36 heavy (non-hydrogen) atoms. The van der Waals surface area contributed by atoms with E-state index < -0.39 is 5.97 Å². The van der Waals surface area contributed by atoms with Crippen LogP contribution in [0.3, 0.4) is 0 Å². The van der Waals surface area contributed by atoms with Crippen LogP contribution in [0.4, 0.5) is 11.4 Å². The molecule has 0 radical (unpaired) electrons. The van der Waals surface area contributed by atoms with Crippen molar-refractivity contribution in [2.75, 3.05) is 50.1 Å². The van der Waals surface area contributed by atoms with Crippen LogP contribution in [0.25, 0.3) is 0 Å². The van der Waals surface area contributed by atoms with Gasteiger partial charge in [-0.05, 0) is 55.5 Å². The molecule has 1 aliphatic heterocycles. The standard InChI is InChI=1S/C28H29N3O5/c1-20-6-5-7-21(18-20)27(33)29-25-9-4-3-8-24(25)28(34)36-19-26(32)31-16-14-30(15-17-31)22-10-12-23(35-2)13-11-22/h3-13,18H,14-17,19H2,1-2H3,(H,29,33). The van der Waals surface area contributed by atoms with Gasteiger partial charge in [0.1, 0.15) is 5.75 Å². The van der Waals surface area contributed by atoms with Crippen molar-refractivity contribution >= 4 is 29.2 Å². The number of carbonyl (C=O) groups excluding carboxylic acids is 3. The van der Waals surface area contributed by atoms with E-state index in [0.29, 0.717) is 37.4 Å². The predicted molar refractivity (Wildman–Crippen MR) is 138 cm³/mol. The van der Waals surface area contributed by atoms with Crippen molar-refractivity contribution in [3.8, 4) is 5.75 Å². The summed E-state index contributed by atoms with van der Waals surface area (Å²) in [6.45, 7) is 3.97. The minimum Gasteiger partial charge on any atom is -0.497 e. The molecule has 0 bridgehead atoms. The van der Waals surface area contributed by atoms with Gasteiger partial charge in [0.05, 0.1) is 18.4 Å². The van der Waals surface area contributed by atoms with Gasteiger partial charge >= 0.3 is 5.97 Å². The fourth-order valence-corrected chi connectivity index (χ4v) is 4.05. The van der Waals surface area contributed by atoms with Gasteiger partial charge in [-0.2, -0.15) is 0 Å². The summed E-state index contributed by atoms with van der Waals surface area (Å²) in [5.74, 6) is -0.449. The first kappa shape index (κ1) is 24.8. The van der Waals surface area contributed by atoms with Crippen LogP contribution in [-0.2, 0) is 9.53 Å². The number of hydrogen-bond donors (Lipinski definition) is 1. The summed E-state index contributed by atoms with van der Waals surface area (Å²) in [7, 11) is 1.63. The van der Waals surface area contributed by atoms with E-state index in [-0.39, 0.29) is 24.0 Å². The molecule has 4 rings (SSSR count). The zero-order valence-electron chi connectivity index (χ0n) is 20.4. The number of benzene rings is 3. The average Bonchev–Trinajstić information content (AvgIpc) is 2.92. The van der Waals surface area contributed by atoms with Crippen LogP contribution in [0.15, 0.2) is 72.8 Å². The molecule has 8 heteroatoms. The number of ether oxygens (including phenoxy) is 2. The Morgan fingerprint density at radius 3 is 2.31 bits per heavy atom. The van der Waals surface area contributed by atoms with Crippen molar-refractivity contribution in [1.82, 2.24) is 4.90 Å². The van der Waals surface area contributed by atoms with Crippen molar-refractivity contribution in [3.63, 3.8) is 0 Å². The van der Waals surface area contributed by atoms with E-state index in [1.807, 2.05) is 37.3 Å².